The fraction of sp³-hybridized carbons (Fsp3) is 0.200. The fourth-order valence-electron chi connectivity index (χ4n) is 1.78. The first-order valence-electron chi connectivity index (χ1n) is 6.62. The van der Waals surface area contributed by atoms with Gasteiger partial charge in [-0.15, -0.1) is 0 Å². The van der Waals surface area contributed by atoms with Gasteiger partial charge in [-0.3, -0.25) is 0 Å². The molecule has 1 atom stereocenters. The average molecular weight is 316 g/mol. The molecule has 0 aliphatic rings. The molecule has 22 heavy (non-hydrogen) atoms. The average Bonchev–Trinajstić information content (AvgIpc) is 2.55. The van der Waals surface area contributed by atoms with Crippen molar-refractivity contribution >= 4 is 9.84 Å². The number of sulfone groups is 1. The minimum Gasteiger partial charge on any atom is -0.222 e. The Morgan fingerprint density at radius 1 is 0.909 bits per heavy atom. The number of nitrogens with zero attached hydrogens (tertiary/aromatic N) is 4. The highest BCUT2D eigenvalue weighted by atomic mass is 32.2. The SMILES string of the molecule is CN=NC(N=NCS(=O)(=O)c1ccccc1)c1ccccc1. The lowest BCUT2D eigenvalue weighted by molar-refractivity contribution is 0.592. The fourth-order valence-corrected chi connectivity index (χ4v) is 2.72. The summed E-state index contributed by atoms with van der Waals surface area (Å²) in [5.41, 5.74) is 0.800. The van der Waals surface area contributed by atoms with Gasteiger partial charge in [-0.05, 0) is 12.1 Å². The summed E-state index contributed by atoms with van der Waals surface area (Å²) in [7, 11) is -1.95. The van der Waals surface area contributed by atoms with Gasteiger partial charge in [-0.25, -0.2) is 8.42 Å². The van der Waals surface area contributed by atoms with Gasteiger partial charge in [0.2, 0.25) is 6.17 Å². The van der Waals surface area contributed by atoms with Crippen molar-refractivity contribution in [3.63, 3.8) is 0 Å². The molecule has 0 fully saturated rings. The normalized spacial score (nSPS) is 13.7. The van der Waals surface area contributed by atoms with Crippen molar-refractivity contribution in [2.24, 2.45) is 20.5 Å². The second kappa shape index (κ2) is 7.56. The summed E-state index contributed by atoms with van der Waals surface area (Å²) in [6.07, 6.45) is -0.628. The van der Waals surface area contributed by atoms with Crippen molar-refractivity contribution in [2.75, 3.05) is 12.9 Å². The van der Waals surface area contributed by atoms with Crippen LogP contribution in [0.5, 0.6) is 0 Å². The van der Waals surface area contributed by atoms with E-state index in [9.17, 15) is 8.42 Å². The lowest BCUT2D eigenvalue weighted by Crippen LogP contribution is -2.04. The molecule has 0 bridgehead atoms. The van der Waals surface area contributed by atoms with Crippen LogP contribution >= 0.6 is 0 Å². The third kappa shape index (κ3) is 4.29. The molecule has 0 amide bonds. The molecule has 0 N–H and O–H groups in total. The van der Waals surface area contributed by atoms with Gasteiger partial charge in [-0.1, -0.05) is 48.5 Å². The van der Waals surface area contributed by atoms with Crippen LogP contribution in [0, 0.1) is 0 Å². The smallest absolute Gasteiger partial charge is 0.205 e. The number of rotatable bonds is 6. The molecule has 6 nitrogen and oxygen atoms in total. The summed E-state index contributed by atoms with van der Waals surface area (Å²) in [5.74, 6) is -0.417. The Kier molecular flexibility index (Phi) is 5.48. The van der Waals surface area contributed by atoms with Crippen LogP contribution in [0.1, 0.15) is 11.7 Å². The van der Waals surface area contributed by atoms with Crippen LogP contribution in [-0.2, 0) is 9.84 Å². The maximum Gasteiger partial charge on any atom is 0.205 e. The van der Waals surface area contributed by atoms with Gasteiger partial charge in [0.15, 0.2) is 15.7 Å². The molecule has 0 radical (unpaired) electrons. The summed E-state index contributed by atoms with van der Waals surface area (Å²) in [6, 6.07) is 17.4. The number of hydrogen-bond donors (Lipinski definition) is 0. The van der Waals surface area contributed by atoms with Crippen LogP contribution in [0.4, 0.5) is 0 Å². The van der Waals surface area contributed by atoms with E-state index in [0.717, 1.165) is 5.56 Å². The van der Waals surface area contributed by atoms with E-state index in [1.807, 2.05) is 30.3 Å². The van der Waals surface area contributed by atoms with Crippen molar-refractivity contribution in [3.05, 3.63) is 66.2 Å². The molecule has 0 aliphatic heterocycles. The first kappa shape index (κ1) is 16.0. The van der Waals surface area contributed by atoms with Crippen molar-refractivity contribution < 1.29 is 8.42 Å². The number of benzene rings is 2. The molecule has 2 aromatic rings. The maximum atomic E-state index is 12.1. The van der Waals surface area contributed by atoms with E-state index in [0.29, 0.717) is 0 Å². The Morgan fingerprint density at radius 2 is 1.50 bits per heavy atom. The molecule has 0 saturated heterocycles. The summed E-state index contributed by atoms with van der Waals surface area (Å²) in [5, 5.41) is 15.4. The Morgan fingerprint density at radius 3 is 2.09 bits per heavy atom. The van der Waals surface area contributed by atoms with Crippen LogP contribution in [0.15, 0.2) is 86.0 Å². The second-order valence-corrected chi connectivity index (χ2v) is 6.37. The monoisotopic (exact) mass is 316 g/mol. The molecular formula is C15H16N4O2S. The van der Waals surface area contributed by atoms with Gasteiger partial charge < -0.3 is 0 Å². The Balaban J connectivity index is 2.13. The van der Waals surface area contributed by atoms with Crippen molar-refractivity contribution in [1.29, 1.82) is 0 Å². The molecule has 0 aromatic heterocycles. The Labute approximate surface area is 129 Å². The van der Waals surface area contributed by atoms with Crippen LogP contribution < -0.4 is 0 Å². The highest BCUT2D eigenvalue weighted by Crippen LogP contribution is 2.20. The van der Waals surface area contributed by atoms with Crippen LogP contribution in [0.2, 0.25) is 0 Å². The van der Waals surface area contributed by atoms with Gasteiger partial charge in [-0.2, -0.15) is 20.5 Å². The highest BCUT2D eigenvalue weighted by Gasteiger charge is 2.14. The first-order chi connectivity index (χ1) is 10.6. The minimum atomic E-state index is -3.49. The Bertz CT molecular complexity index is 744. The van der Waals surface area contributed by atoms with Gasteiger partial charge in [0.05, 0.1) is 4.90 Å². The zero-order chi connectivity index (χ0) is 15.8. The molecule has 1 unspecified atom stereocenters. The van der Waals surface area contributed by atoms with E-state index in [-0.39, 0.29) is 4.90 Å². The minimum absolute atomic E-state index is 0.224. The quantitative estimate of drug-likeness (QED) is 0.762. The van der Waals surface area contributed by atoms with Gasteiger partial charge in [0, 0.05) is 12.6 Å². The maximum absolute atomic E-state index is 12.1. The first-order valence-corrected chi connectivity index (χ1v) is 8.27. The number of hydrogen-bond acceptors (Lipinski definition) is 6. The summed E-state index contributed by atoms with van der Waals surface area (Å²) < 4.78 is 24.2. The molecule has 2 rings (SSSR count). The van der Waals surface area contributed by atoms with E-state index in [1.54, 1.807) is 18.2 Å². The van der Waals surface area contributed by atoms with Crippen LogP contribution in [0.25, 0.3) is 0 Å². The molecule has 0 heterocycles. The molecule has 0 saturated carbocycles. The summed E-state index contributed by atoms with van der Waals surface area (Å²) >= 11 is 0. The lowest BCUT2D eigenvalue weighted by atomic mass is 10.2. The van der Waals surface area contributed by atoms with Gasteiger partial charge in [0.25, 0.3) is 0 Å². The molecule has 114 valence electrons. The largest absolute Gasteiger partial charge is 0.222 e. The third-order valence-electron chi connectivity index (χ3n) is 2.84. The predicted octanol–water partition coefficient (Wildman–Crippen LogP) is 3.65. The molecular weight excluding hydrogens is 300 g/mol. The topological polar surface area (TPSA) is 83.6 Å². The van der Waals surface area contributed by atoms with Crippen LogP contribution in [-0.4, -0.2) is 21.3 Å². The van der Waals surface area contributed by atoms with E-state index in [1.165, 1.54) is 19.2 Å². The summed E-state index contributed by atoms with van der Waals surface area (Å²) in [6.45, 7) is 0. The van der Waals surface area contributed by atoms with Crippen molar-refractivity contribution in [2.45, 2.75) is 11.1 Å². The van der Waals surface area contributed by atoms with E-state index >= 15 is 0 Å². The van der Waals surface area contributed by atoms with Gasteiger partial charge in [0.1, 0.15) is 0 Å². The molecule has 0 aliphatic carbocycles. The van der Waals surface area contributed by atoms with E-state index < -0.39 is 21.9 Å². The van der Waals surface area contributed by atoms with Gasteiger partial charge >= 0.3 is 0 Å². The molecule has 7 heteroatoms. The highest BCUT2D eigenvalue weighted by molar-refractivity contribution is 7.91. The zero-order valence-electron chi connectivity index (χ0n) is 12.1. The number of azo groups is 2. The van der Waals surface area contributed by atoms with Crippen molar-refractivity contribution in [1.82, 2.24) is 0 Å². The van der Waals surface area contributed by atoms with E-state index in [4.69, 9.17) is 0 Å². The third-order valence-corrected chi connectivity index (χ3v) is 4.29. The summed E-state index contributed by atoms with van der Waals surface area (Å²) in [4.78, 5) is 0.224. The predicted molar refractivity (Wildman–Crippen MR) is 83.3 cm³/mol. The lowest BCUT2D eigenvalue weighted by Gasteiger charge is -2.05. The molecule has 0 spiro atoms. The van der Waals surface area contributed by atoms with Crippen molar-refractivity contribution in [3.8, 4) is 0 Å². The second-order valence-electron chi connectivity index (χ2n) is 4.41. The van der Waals surface area contributed by atoms with E-state index in [2.05, 4.69) is 20.5 Å². The zero-order valence-corrected chi connectivity index (χ0v) is 12.9. The molecule has 2 aromatic carbocycles. The van der Waals surface area contributed by atoms with Crippen LogP contribution in [0.3, 0.4) is 0 Å². The standard InChI is InChI=1S/C15H16N4O2S/c1-16-18-15(13-8-4-2-5-9-13)19-17-12-22(20,21)14-10-6-3-7-11-14/h2-11,15H,12H2,1H3. The Hall–Kier alpha value is -2.41.